The average molecular weight is 519 g/mol. The van der Waals surface area contributed by atoms with Crippen molar-refractivity contribution in [2.75, 3.05) is 13.7 Å². The van der Waals surface area contributed by atoms with Gasteiger partial charge in [-0.25, -0.2) is 9.79 Å². The first-order valence-corrected chi connectivity index (χ1v) is 12.0. The molecule has 0 saturated carbocycles. The predicted molar refractivity (Wildman–Crippen MR) is 125 cm³/mol. The number of aromatic nitrogens is 1. The number of hydrogen-bond acceptors (Lipinski definition) is 7. The van der Waals surface area contributed by atoms with Gasteiger partial charge in [-0.15, -0.1) is 11.3 Å². The molecule has 0 amide bonds. The average Bonchev–Trinajstić information content (AvgIpc) is 3.37. The number of methoxy groups -OCH3 is 1. The largest absolute Gasteiger partial charge is 0.497 e. The lowest BCUT2D eigenvalue weighted by Gasteiger charge is -2.23. The van der Waals surface area contributed by atoms with E-state index in [0.717, 1.165) is 14.9 Å². The Morgan fingerprint density at radius 3 is 2.84 bits per heavy atom. The molecule has 2 aromatic heterocycles. The fourth-order valence-electron chi connectivity index (χ4n) is 3.41. The molecular formula is C22H19BrN2O4S2. The molecule has 6 nitrogen and oxygen atoms in total. The molecule has 1 aliphatic heterocycles. The van der Waals surface area contributed by atoms with Crippen molar-refractivity contribution in [1.29, 1.82) is 0 Å². The monoisotopic (exact) mass is 518 g/mol. The number of halogens is 1. The van der Waals surface area contributed by atoms with Crippen LogP contribution in [0.15, 0.2) is 61.2 Å². The molecule has 0 N–H and O–H groups in total. The van der Waals surface area contributed by atoms with Crippen LogP contribution in [0.3, 0.4) is 0 Å². The van der Waals surface area contributed by atoms with Crippen LogP contribution in [0.1, 0.15) is 30.3 Å². The highest BCUT2D eigenvalue weighted by Crippen LogP contribution is 2.33. The van der Waals surface area contributed by atoms with Crippen LogP contribution in [-0.2, 0) is 9.53 Å². The van der Waals surface area contributed by atoms with E-state index in [2.05, 4.69) is 20.9 Å². The molecule has 1 aromatic carbocycles. The van der Waals surface area contributed by atoms with Gasteiger partial charge in [0.25, 0.3) is 5.56 Å². The summed E-state index contributed by atoms with van der Waals surface area (Å²) in [5.41, 5.74) is 1.57. The molecule has 0 saturated heterocycles. The van der Waals surface area contributed by atoms with Gasteiger partial charge in [-0.05, 0) is 55.1 Å². The number of esters is 1. The van der Waals surface area contributed by atoms with Crippen LogP contribution >= 0.6 is 38.6 Å². The van der Waals surface area contributed by atoms with Gasteiger partial charge in [-0.2, -0.15) is 0 Å². The first kappa shape index (κ1) is 21.7. The van der Waals surface area contributed by atoms with E-state index in [1.165, 1.54) is 22.7 Å². The van der Waals surface area contributed by atoms with Crippen molar-refractivity contribution in [2.45, 2.75) is 19.9 Å². The molecule has 1 atom stereocenters. The number of thiophene rings is 1. The number of carbonyl (C=O) groups is 1. The summed E-state index contributed by atoms with van der Waals surface area (Å²) < 4.78 is 13.6. The summed E-state index contributed by atoms with van der Waals surface area (Å²) in [5, 5.41) is 1.93. The van der Waals surface area contributed by atoms with E-state index in [0.29, 0.717) is 26.4 Å². The molecule has 3 heterocycles. The minimum atomic E-state index is -0.564. The summed E-state index contributed by atoms with van der Waals surface area (Å²) in [6.07, 6.45) is 1.81. The van der Waals surface area contributed by atoms with Crippen molar-refractivity contribution in [1.82, 2.24) is 4.57 Å². The molecule has 3 aromatic rings. The zero-order valence-corrected chi connectivity index (χ0v) is 20.3. The molecule has 1 aliphatic rings. The van der Waals surface area contributed by atoms with Gasteiger partial charge in [0.15, 0.2) is 4.80 Å². The Labute approximate surface area is 194 Å². The van der Waals surface area contributed by atoms with Gasteiger partial charge >= 0.3 is 5.97 Å². The molecule has 9 heteroatoms. The number of ether oxygens (including phenoxy) is 2. The number of benzene rings is 1. The van der Waals surface area contributed by atoms with Crippen molar-refractivity contribution in [3.05, 3.63) is 81.6 Å². The number of hydrogen-bond donors (Lipinski definition) is 0. The molecule has 0 aliphatic carbocycles. The summed E-state index contributed by atoms with van der Waals surface area (Å²) >= 11 is 6.32. The van der Waals surface area contributed by atoms with Gasteiger partial charge in [-0.3, -0.25) is 9.36 Å². The lowest BCUT2D eigenvalue weighted by Crippen LogP contribution is -2.39. The van der Waals surface area contributed by atoms with Crippen molar-refractivity contribution in [3.8, 4) is 5.75 Å². The zero-order chi connectivity index (χ0) is 22.1. The third-order valence-electron chi connectivity index (χ3n) is 4.82. The van der Waals surface area contributed by atoms with E-state index in [9.17, 15) is 9.59 Å². The number of thiazole rings is 1. The molecule has 0 fully saturated rings. The second kappa shape index (κ2) is 8.94. The highest BCUT2D eigenvalue weighted by atomic mass is 79.9. The predicted octanol–water partition coefficient (Wildman–Crippen LogP) is 3.63. The van der Waals surface area contributed by atoms with Crippen LogP contribution in [0.2, 0.25) is 0 Å². The number of nitrogens with zero attached hydrogens (tertiary/aromatic N) is 2. The Kier molecular flexibility index (Phi) is 6.27. The van der Waals surface area contributed by atoms with Crippen LogP contribution in [0.5, 0.6) is 5.75 Å². The van der Waals surface area contributed by atoms with Gasteiger partial charge in [0, 0.05) is 9.35 Å². The first-order valence-electron chi connectivity index (χ1n) is 9.51. The number of fused-ring (bicyclic) bond motifs is 1. The fourth-order valence-corrected chi connectivity index (χ4v) is 5.63. The number of allylic oxidation sites excluding steroid dienone is 1. The summed E-state index contributed by atoms with van der Waals surface area (Å²) in [6.45, 7) is 3.79. The summed E-state index contributed by atoms with van der Waals surface area (Å²) in [6, 6.07) is 8.83. The summed E-state index contributed by atoms with van der Waals surface area (Å²) in [4.78, 5) is 32.3. The third-order valence-corrected chi connectivity index (χ3v) is 7.45. The lowest BCUT2D eigenvalue weighted by atomic mass is 10.0. The number of carbonyl (C=O) groups excluding carboxylic acids is 1. The Hall–Kier alpha value is -2.49. The number of rotatable bonds is 5. The smallest absolute Gasteiger partial charge is 0.338 e. The third kappa shape index (κ3) is 4.05. The van der Waals surface area contributed by atoms with Crippen molar-refractivity contribution in [3.63, 3.8) is 0 Å². The summed E-state index contributed by atoms with van der Waals surface area (Å²) in [7, 11) is 1.60. The SMILES string of the molecule is CCOC(=O)C1=C(C)N=c2s/c(=C\c3cc(OC)ccc3Br)c(=O)n2[C@H]1c1cccs1. The first-order chi connectivity index (χ1) is 14.9. The standard InChI is InChI=1S/C22H19BrN2O4S2/c1-4-29-21(27)18-12(2)24-22-25(19(18)16-6-5-9-30-16)20(26)17(31-22)11-13-10-14(28-3)7-8-15(13)23/h5-11,19H,4H2,1-3H3/b17-11-/t19-/m0/s1. The van der Waals surface area contributed by atoms with E-state index >= 15 is 0 Å². The van der Waals surface area contributed by atoms with Crippen LogP contribution in [0.4, 0.5) is 0 Å². The van der Waals surface area contributed by atoms with Crippen molar-refractivity contribution < 1.29 is 14.3 Å². The highest BCUT2D eigenvalue weighted by molar-refractivity contribution is 9.10. The molecular weight excluding hydrogens is 500 g/mol. The minimum absolute atomic E-state index is 0.203. The molecule has 160 valence electrons. The summed E-state index contributed by atoms with van der Waals surface area (Å²) in [5.74, 6) is 0.242. The van der Waals surface area contributed by atoms with E-state index in [4.69, 9.17) is 9.47 Å². The maximum Gasteiger partial charge on any atom is 0.338 e. The Bertz CT molecular complexity index is 1350. The Balaban J connectivity index is 1.94. The van der Waals surface area contributed by atoms with Gasteiger partial charge in [0.2, 0.25) is 0 Å². The van der Waals surface area contributed by atoms with E-state index < -0.39 is 12.0 Å². The van der Waals surface area contributed by atoms with Gasteiger partial charge in [-0.1, -0.05) is 33.3 Å². The Morgan fingerprint density at radius 2 is 2.16 bits per heavy atom. The molecule has 0 spiro atoms. The topological polar surface area (TPSA) is 69.9 Å². The second-order valence-corrected chi connectivity index (χ2v) is 9.55. The minimum Gasteiger partial charge on any atom is -0.497 e. The van der Waals surface area contributed by atoms with Crippen LogP contribution in [0, 0.1) is 0 Å². The van der Waals surface area contributed by atoms with Gasteiger partial charge in [0.1, 0.15) is 11.8 Å². The van der Waals surface area contributed by atoms with E-state index in [1.807, 2.05) is 41.8 Å². The molecule has 0 bridgehead atoms. The van der Waals surface area contributed by atoms with Gasteiger partial charge < -0.3 is 9.47 Å². The maximum atomic E-state index is 13.5. The zero-order valence-electron chi connectivity index (χ0n) is 17.0. The molecule has 0 unspecified atom stereocenters. The van der Waals surface area contributed by atoms with Crippen LogP contribution in [-0.4, -0.2) is 24.3 Å². The fraction of sp³-hybridized carbons (Fsp3) is 0.227. The van der Waals surface area contributed by atoms with Crippen LogP contribution < -0.4 is 19.6 Å². The highest BCUT2D eigenvalue weighted by Gasteiger charge is 2.33. The van der Waals surface area contributed by atoms with Crippen LogP contribution in [0.25, 0.3) is 6.08 Å². The lowest BCUT2D eigenvalue weighted by molar-refractivity contribution is -0.139. The van der Waals surface area contributed by atoms with E-state index in [1.54, 1.807) is 25.5 Å². The Morgan fingerprint density at radius 1 is 1.35 bits per heavy atom. The maximum absolute atomic E-state index is 13.5. The molecule has 4 rings (SSSR count). The van der Waals surface area contributed by atoms with Gasteiger partial charge in [0.05, 0.1) is 29.5 Å². The van der Waals surface area contributed by atoms with Crippen molar-refractivity contribution in [2.24, 2.45) is 4.99 Å². The van der Waals surface area contributed by atoms with Crippen molar-refractivity contribution >= 4 is 50.6 Å². The quantitative estimate of drug-likeness (QED) is 0.483. The molecule has 0 radical (unpaired) electrons. The van der Waals surface area contributed by atoms with E-state index in [-0.39, 0.29) is 12.2 Å². The molecule has 31 heavy (non-hydrogen) atoms. The second-order valence-electron chi connectivity index (χ2n) is 6.71. The normalized spacial score (nSPS) is 16.1.